The van der Waals surface area contributed by atoms with Crippen molar-refractivity contribution in [2.24, 2.45) is 11.7 Å². The normalized spacial score (nSPS) is 33.8. The van der Waals surface area contributed by atoms with Gasteiger partial charge in [0.1, 0.15) is 0 Å². The van der Waals surface area contributed by atoms with Gasteiger partial charge in [0, 0.05) is 12.0 Å². The molecule has 0 aromatic rings. The van der Waals surface area contributed by atoms with Gasteiger partial charge in [-0.1, -0.05) is 19.3 Å². The van der Waals surface area contributed by atoms with Crippen molar-refractivity contribution in [1.82, 2.24) is 0 Å². The maximum Gasteiger partial charge on any atom is 0.242 e. The molecule has 1 aliphatic rings. The molecular weight excluding hydrogens is 148 g/mol. The van der Waals surface area contributed by atoms with Crippen LogP contribution in [0, 0.1) is 5.92 Å². The first kappa shape index (κ1) is 8.91. The SMILES string of the molecule is NC1CCCCCC1C(F)F. The number of nitrogens with two attached hydrogens (primary N) is 1. The van der Waals surface area contributed by atoms with Crippen LogP contribution in [0.15, 0.2) is 0 Å². The number of rotatable bonds is 1. The Morgan fingerprint density at radius 3 is 2.36 bits per heavy atom. The summed E-state index contributed by atoms with van der Waals surface area (Å²) < 4.78 is 24.5. The van der Waals surface area contributed by atoms with E-state index in [0.29, 0.717) is 6.42 Å². The van der Waals surface area contributed by atoms with E-state index in [0.717, 1.165) is 25.7 Å². The molecule has 2 unspecified atom stereocenters. The van der Waals surface area contributed by atoms with Crippen molar-refractivity contribution in [1.29, 1.82) is 0 Å². The predicted octanol–water partition coefficient (Wildman–Crippen LogP) is 2.16. The van der Waals surface area contributed by atoms with Crippen LogP contribution in [0.5, 0.6) is 0 Å². The van der Waals surface area contributed by atoms with E-state index in [2.05, 4.69) is 0 Å². The first-order valence-corrected chi connectivity index (χ1v) is 4.25. The van der Waals surface area contributed by atoms with E-state index in [-0.39, 0.29) is 6.04 Å². The molecule has 0 bridgehead atoms. The summed E-state index contributed by atoms with van der Waals surface area (Å²) in [5.41, 5.74) is 5.60. The van der Waals surface area contributed by atoms with Crippen LogP contribution in [-0.2, 0) is 0 Å². The maximum absolute atomic E-state index is 12.3. The monoisotopic (exact) mass is 163 g/mol. The standard InChI is InChI=1S/C8H15F2N/c9-8(10)6-4-2-1-3-5-7(6)11/h6-8H,1-5,11H2. The lowest BCUT2D eigenvalue weighted by molar-refractivity contribution is 0.0591. The molecule has 0 aromatic heterocycles. The van der Waals surface area contributed by atoms with Crippen LogP contribution in [0.2, 0.25) is 0 Å². The number of hydrogen-bond donors (Lipinski definition) is 1. The van der Waals surface area contributed by atoms with Gasteiger partial charge in [0.25, 0.3) is 0 Å². The van der Waals surface area contributed by atoms with E-state index in [4.69, 9.17) is 5.73 Å². The molecule has 0 radical (unpaired) electrons. The summed E-state index contributed by atoms with van der Waals surface area (Å²) in [6, 6.07) is -0.266. The van der Waals surface area contributed by atoms with Gasteiger partial charge in [0.2, 0.25) is 6.43 Å². The molecular formula is C8H15F2N. The Morgan fingerprint density at radius 2 is 1.73 bits per heavy atom. The van der Waals surface area contributed by atoms with Gasteiger partial charge in [-0.15, -0.1) is 0 Å². The third kappa shape index (κ3) is 2.40. The van der Waals surface area contributed by atoms with Crippen molar-refractivity contribution in [3.8, 4) is 0 Å². The first-order chi connectivity index (χ1) is 5.22. The van der Waals surface area contributed by atoms with Crippen LogP contribution < -0.4 is 5.73 Å². The Balaban J connectivity index is 2.45. The Bertz CT molecular complexity index is 117. The average molecular weight is 163 g/mol. The number of halogens is 2. The lowest BCUT2D eigenvalue weighted by Gasteiger charge is -2.19. The average Bonchev–Trinajstić information content (AvgIpc) is 2.13. The fraction of sp³-hybridized carbons (Fsp3) is 1.00. The van der Waals surface area contributed by atoms with E-state index in [1.165, 1.54) is 0 Å². The predicted molar refractivity (Wildman–Crippen MR) is 40.6 cm³/mol. The third-order valence-corrected chi connectivity index (χ3v) is 2.45. The number of alkyl halides is 2. The van der Waals surface area contributed by atoms with Crippen molar-refractivity contribution in [2.45, 2.75) is 44.6 Å². The summed E-state index contributed by atoms with van der Waals surface area (Å²) in [7, 11) is 0. The number of hydrogen-bond acceptors (Lipinski definition) is 1. The van der Waals surface area contributed by atoms with Gasteiger partial charge in [-0.3, -0.25) is 0 Å². The Hall–Kier alpha value is -0.180. The van der Waals surface area contributed by atoms with Crippen molar-refractivity contribution >= 4 is 0 Å². The van der Waals surface area contributed by atoms with Gasteiger partial charge in [-0.05, 0) is 12.8 Å². The summed E-state index contributed by atoms with van der Waals surface area (Å²) in [4.78, 5) is 0. The zero-order valence-corrected chi connectivity index (χ0v) is 6.60. The quantitative estimate of drug-likeness (QED) is 0.589. The Kier molecular flexibility index (Phi) is 3.24. The van der Waals surface area contributed by atoms with Crippen molar-refractivity contribution in [2.75, 3.05) is 0 Å². The lowest BCUT2D eigenvalue weighted by Crippen LogP contribution is -2.33. The van der Waals surface area contributed by atoms with Gasteiger partial charge >= 0.3 is 0 Å². The summed E-state index contributed by atoms with van der Waals surface area (Å²) in [5.74, 6) is -0.544. The van der Waals surface area contributed by atoms with E-state index < -0.39 is 12.3 Å². The smallest absolute Gasteiger partial charge is 0.242 e. The highest BCUT2D eigenvalue weighted by Gasteiger charge is 2.27. The first-order valence-electron chi connectivity index (χ1n) is 4.25. The van der Waals surface area contributed by atoms with Crippen LogP contribution in [0.4, 0.5) is 8.78 Å². The highest BCUT2D eigenvalue weighted by molar-refractivity contribution is 4.77. The van der Waals surface area contributed by atoms with Crippen LogP contribution in [0.1, 0.15) is 32.1 Å². The van der Waals surface area contributed by atoms with Gasteiger partial charge in [0.15, 0.2) is 0 Å². The molecule has 2 N–H and O–H groups in total. The van der Waals surface area contributed by atoms with Crippen molar-refractivity contribution in [3.05, 3.63) is 0 Å². The van der Waals surface area contributed by atoms with E-state index in [1.54, 1.807) is 0 Å². The molecule has 0 aliphatic heterocycles. The molecule has 0 amide bonds. The lowest BCUT2D eigenvalue weighted by atomic mass is 9.96. The van der Waals surface area contributed by atoms with Crippen LogP contribution in [0.3, 0.4) is 0 Å². The van der Waals surface area contributed by atoms with Crippen molar-refractivity contribution < 1.29 is 8.78 Å². The summed E-state index contributed by atoms with van der Waals surface area (Å²) in [6.07, 6.45) is 2.17. The largest absolute Gasteiger partial charge is 0.327 e. The molecule has 1 saturated carbocycles. The molecule has 11 heavy (non-hydrogen) atoms. The molecule has 1 nitrogen and oxygen atoms in total. The molecule has 0 heterocycles. The molecule has 2 atom stereocenters. The van der Waals surface area contributed by atoms with E-state index >= 15 is 0 Å². The Labute approximate surface area is 66.0 Å². The molecule has 3 heteroatoms. The molecule has 1 rings (SSSR count). The zero-order valence-electron chi connectivity index (χ0n) is 6.60. The fourth-order valence-corrected chi connectivity index (χ4v) is 1.68. The molecule has 1 fully saturated rings. The van der Waals surface area contributed by atoms with Gasteiger partial charge in [-0.2, -0.15) is 0 Å². The van der Waals surface area contributed by atoms with Crippen molar-refractivity contribution in [3.63, 3.8) is 0 Å². The second-order valence-electron chi connectivity index (χ2n) is 3.30. The topological polar surface area (TPSA) is 26.0 Å². The second kappa shape index (κ2) is 4.00. The minimum Gasteiger partial charge on any atom is -0.327 e. The molecule has 1 aliphatic carbocycles. The van der Waals surface area contributed by atoms with Gasteiger partial charge < -0.3 is 5.73 Å². The highest BCUT2D eigenvalue weighted by Crippen LogP contribution is 2.26. The minimum atomic E-state index is -2.22. The Morgan fingerprint density at radius 1 is 1.09 bits per heavy atom. The maximum atomic E-state index is 12.3. The van der Waals surface area contributed by atoms with Gasteiger partial charge in [-0.25, -0.2) is 8.78 Å². The van der Waals surface area contributed by atoms with E-state index in [9.17, 15) is 8.78 Å². The molecule has 0 aromatic carbocycles. The zero-order chi connectivity index (χ0) is 8.27. The molecule has 0 spiro atoms. The summed E-state index contributed by atoms with van der Waals surface area (Å²) in [6.45, 7) is 0. The highest BCUT2D eigenvalue weighted by atomic mass is 19.3. The fourth-order valence-electron chi connectivity index (χ4n) is 1.68. The van der Waals surface area contributed by atoms with Crippen LogP contribution >= 0.6 is 0 Å². The molecule has 0 saturated heterocycles. The van der Waals surface area contributed by atoms with Gasteiger partial charge in [0.05, 0.1) is 0 Å². The summed E-state index contributed by atoms with van der Waals surface area (Å²) >= 11 is 0. The minimum absolute atomic E-state index is 0.266. The second-order valence-corrected chi connectivity index (χ2v) is 3.30. The van der Waals surface area contributed by atoms with Crippen LogP contribution in [0.25, 0.3) is 0 Å². The third-order valence-electron chi connectivity index (χ3n) is 2.45. The van der Waals surface area contributed by atoms with E-state index in [1.807, 2.05) is 0 Å². The van der Waals surface area contributed by atoms with Crippen LogP contribution in [-0.4, -0.2) is 12.5 Å². The summed E-state index contributed by atoms with van der Waals surface area (Å²) in [5, 5.41) is 0. The molecule has 66 valence electrons.